The highest BCUT2D eigenvalue weighted by molar-refractivity contribution is 7.97. The summed E-state index contributed by atoms with van der Waals surface area (Å²) in [6.45, 7) is 7.31. The third-order valence-electron chi connectivity index (χ3n) is 2.96. The second-order valence-electron chi connectivity index (χ2n) is 5.03. The summed E-state index contributed by atoms with van der Waals surface area (Å²) in [5.41, 5.74) is 5.22. The van der Waals surface area contributed by atoms with Gasteiger partial charge in [0.15, 0.2) is 0 Å². The van der Waals surface area contributed by atoms with Crippen LogP contribution >= 0.6 is 11.8 Å². The Morgan fingerprint density at radius 1 is 1.05 bits per heavy atom. The zero-order valence-corrected chi connectivity index (χ0v) is 13.3. The van der Waals surface area contributed by atoms with Crippen molar-refractivity contribution >= 4 is 17.6 Å². The molecule has 0 radical (unpaired) electrons. The summed E-state index contributed by atoms with van der Waals surface area (Å²) in [6, 6.07) is 12.9. The van der Waals surface area contributed by atoms with Crippen molar-refractivity contribution in [3.63, 3.8) is 0 Å². The van der Waals surface area contributed by atoms with Crippen LogP contribution in [-0.4, -0.2) is 11.5 Å². The van der Waals surface area contributed by atoms with Gasteiger partial charge in [-0.25, -0.2) is 4.98 Å². The van der Waals surface area contributed by atoms with Crippen LogP contribution in [0.5, 0.6) is 0 Å². The third-order valence-corrected chi connectivity index (χ3v) is 4.00. The van der Waals surface area contributed by atoms with Crippen LogP contribution in [0, 0.1) is 13.8 Å². The Morgan fingerprint density at radius 2 is 1.80 bits per heavy atom. The number of anilines is 1. The molecule has 0 aliphatic heterocycles. The lowest BCUT2D eigenvalue weighted by atomic mass is 10.1. The van der Waals surface area contributed by atoms with E-state index in [1.54, 1.807) is 0 Å². The van der Waals surface area contributed by atoms with Crippen LogP contribution in [0.25, 0.3) is 0 Å². The van der Waals surface area contributed by atoms with Gasteiger partial charge in [0.25, 0.3) is 0 Å². The monoisotopic (exact) mass is 286 g/mol. The fourth-order valence-electron chi connectivity index (χ4n) is 2.27. The van der Waals surface area contributed by atoms with Crippen LogP contribution in [-0.2, 0) is 11.5 Å². The molecule has 0 saturated carbocycles. The number of benzene rings is 1. The van der Waals surface area contributed by atoms with E-state index >= 15 is 0 Å². The van der Waals surface area contributed by atoms with E-state index in [0.717, 1.165) is 29.6 Å². The second kappa shape index (κ2) is 7.34. The lowest BCUT2D eigenvalue weighted by Crippen LogP contribution is -2.00. The molecule has 1 aromatic heterocycles. The highest BCUT2D eigenvalue weighted by Crippen LogP contribution is 2.19. The molecule has 1 aromatic carbocycles. The Kier molecular flexibility index (Phi) is 5.48. The van der Waals surface area contributed by atoms with Gasteiger partial charge in [-0.3, -0.25) is 0 Å². The van der Waals surface area contributed by atoms with Crippen LogP contribution in [0.2, 0.25) is 0 Å². The summed E-state index contributed by atoms with van der Waals surface area (Å²) in [4.78, 5) is 4.60. The molecule has 0 spiro atoms. The van der Waals surface area contributed by atoms with Crippen molar-refractivity contribution in [2.24, 2.45) is 0 Å². The highest BCUT2D eigenvalue weighted by Gasteiger charge is 2.00. The Bertz CT molecular complexity index is 546. The van der Waals surface area contributed by atoms with Crippen LogP contribution in [0.3, 0.4) is 0 Å². The number of nitrogens with zero attached hydrogens (tertiary/aromatic N) is 1. The summed E-state index contributed by atoms with van der Waals surface area (Å²) < 4.78 is 0. The van der Waals surface area contributed by atoms with Crippen molar-refractivity contribution in [1.82, 2.24) is 4.98 Å². The van der Waals surface area contributed by atoms with E-state index in [-0.39, 0.29) is 0 Å². The van der Waals surface area contributed by atoms with E-state index in [9.17, 15) is 0 Å². The van der Waals surface area contributed by atoms with Gasteiger partial charge in [0.2, 0.25) is 0 Å². The maximum atomic E-state index is 4.60. The molecular formula is C17H22N2S. The van der Waals surface area contributed by atoms with Gasteiger partial charge in [0.1, 0.15) is 5.82 Å². The molecule has 3 heteroatoms. The van der Waals surface area contributed by atoms with Gasteiger partial charge in [-0.1, -0.05) is 35.4 Å². The van der Waals surface area contributed by atoms with Crippen LogP contribution < -0.4 is 5.32 Å². The summed E-state index contributed by atoms with van der Waals surface area (Å²) in [5, 5.41) is 3.25. The molecule has 0 aliphatic rings. The zero-order chi connectivity index (χ0) is 14.4. The number of hydrogen-bond donors (Lipinski definition) is 1. The summed E-state index contributed by atoms with van der Waals surface area (Å²) in [7, 11) is 0. The molecule has 2 rings (SSSR count). The van der Waals surface area contributed by atoms with Crippen molar-refractivity contribution in [3.05, 3.63) is 58.8 Å². The Balaban J connectivity index is 1.90. The van der Waals surface area contributed by atoms with E-state index in [0.29, 0.717) is 0 Å². The molecule has 2 aromatic rings. The first-order chi connectivity index (χ1) is 9.67. The van der Waals surface area contributed by atoms with E-state index in [2.05, 4.69) is 61.4 Å². The van der Waals surface area contributed by atoms with E-state index in [1.807, 2.05) is 17.8 Å². The topological polar surface area (TPSA) is 24.9 Å². The minimum Gasteiger partial charge on any atom is -0.370 e. The highest BCUT2D eigenvalue weighted by atomic mass is 32.2. The average Bonchev–Trinajstić information content (AvgIpc) is 2.38. The first-order valence-corrected chi connectivity index (χ1v) is 8.17. The van der Waals surface area contributed by atoms with Gasteiger partial charge >= 0.3 is 0 Å². The van der Waals surface area contributed by atoms with Crippen molar-refractivity contribution in [1.29, 1.82) is 0 Å². The minimum absolute atomic E-state index is 0.909. The number of aryl methyl sites for hydroxylation is 2. The summed E-state index contributed by atoms with van der Waals surface area (Å²) in [5.74, 6) is 2.96. The maximum Gasteiger partial charge on any atom is 0.126 e. The second-order valence-corrected chi connectivity index (χ2v) is 6.02. The molecular weight excluding hydrogens is 264 g/mol. The maximum absolute atomic E-state index is 4.60. The fraction of sp³-hybridized carbons (Fsp3) is 0.353. The molecule has 20 heavy (non-hydrogen) atoms. The Hall–Kier alpha value is -1.48. The van der Waals surface area contributed by atoms with Gasteiger partial charge < -0.3 is 5.32 Å². The number of aromatic nitrogens is 1. The molecule has 0 unspecified atom stereocenters. The molecule has 0 aliphatic carbocycles. The molecule has 0 bridgehead atoms. The molecule has 0 atom stereocenters. The molecule has 106 valence electrons. The first-order valence-electron chi connectivity index (χ1n) is 7.02. The smallest absolute Gasteiger partial charge is 0.126 e. The van der Waals surface area contributed by atoms with Crippen LogP contribution in [0.4, 0.5) is 5.82 Å². The van der Waals surface area contributed by atoms with E-state index in [4.69, 9.17) is 0 Å². The standard InChI is InChI=1S/C17H22N2S/c1-4-18-17-7-5-6-16(19-17)12-20-11-15-9-13(2)8-14(3)10-15/h5-10H,4,11-12H2,1-3H3,(H,18,19). The van der Waals surface area contributed by atoms with Gasteiger partial charge in [-0.15, -0.1) is 0 Å². The number of hydrogen-bond acceptors (Lipinski definition) is 3. The number of rotatable bonds is 6. The molecule has 0 saturated heterocycles. The molecule has 1 N–H and O–H groups in total. The lowest BCUT2D eigenvalue weighted by molar-refractivity contribution is 1.11. The zero-order valence-electron chi connectivity index (χ0n) is 12.4. The van der Waals surface area contributed by atoms with Crippen LogP contribution in [0.15, 0.2) is 36.4 Å². The summed E-state index contributed by atoms with van der Waals surface area (Å²) >= 11 is 1.91. The predicted octanol–water partition coefficient (Wildman–Crippen LogP) is 4.56. The van der Waals surface area contributed by atoms with Crippen molar-refractivity contribution in [2.75, 3.05) is 11.9 Å². The SMILES string of the molecule is CCNc1cccc(CSCc2cc(C)cc(C)c2)n1. The fourth-order valence-corrected chi connectivity index (χ4v) is 3.14. The largest absolute Gasteiger partial charge is 0.370 e. The van der Waals surface area contributed by atoms with Crippen molar-refractivity contribution < 1.29 is 0 Å². The normalized spacial score (nSPS) is 10.6. The quantitative estimate of drug-likeness (QED) is 0.842. The van der Waals surface area contributed by atoms with Crippen molar-refractivity contribution in [3.8, 4) is 0 Å². The molecule has 1 heterocycles. The van der Waals surface area contributed by atoms with E-state index in [1.165, 1.54) is 16.7 Å². The molecule has 0 amide bonds. The van der Waals surface area contributed by atoms with Gasteiger partial charge in [-0.05, 0) is 38.5 Å². The minimum atomic E-state index is 0.909. The predicted molar refractivity (Wildman–Crippen MR) is 89.3 cm³/mol. The lowest BCUT2D eigenvalue weighted by Gasteiger charge is -2.07. The number of nitrogens with one attached hydrogen (secondary N) is 1. The van der Waals surface area contributed by atoms with E-state index < -0.39 is 0 Å². The van der Waals surface area contributed by atoms with Gasteiger partial charge in [0, 0.05) is 18.1 Å². The Morgan fingerprint density at radius 3 is 2.50 bits per heavy atom. The van der Waals surface area contributed by atoms with Gasteiger partial charge in [-0.2, -0.15) is 11.8 Å². The first kappa shape index (κ1) is 14.9. The van der Waals surface area contributed by atoms with Gasteiger partial charge in [0.05, 0.1) is 5.69 Å². The van der Waals surface area contributed by atoms with Crippen molar-refractivity contribution in [2.45, 2.75) is 32.3 Å². The number of pyridine rings is 1. The number of thioether (sulfide) groups is 1. The Labute approximate surface area is 126 Å². The summed E-state index contributed by atoms with van der Waals surface area (Å²) in [6.07, 6.45) is 0. The van der Waals surface area contributed by atoms with Crippen LogP contribution in [0.1, 0.15) is 29.3 Å². The third kappa shape index (κ3) is 4.57. The molecule has 2 nitrogen and oxygen atoms in total. The molecule has 0 fully saturated rings. The average molecular weight is 286 g/mol.